The number of rotatable bonds is 4. The Morgan fingerprint density at radius 2 is 1.04 bits per heavy atom. The minimum absolute atomic E-state index is 0.587. The van der Waals surface area contributed by atoms with Gasteiger partial charge in [0.1, 0.15) is 11.7 Å². The highest BCUT2D eigenvalue weighted by Crippen LogP contribution is 2.39. The van der Waals surface area contributed by atoms with E-state index < -0.39 is 5.54 Å². The SMILES string of the molecule is [c]1cn(C(c2ccccc2)(c2ccccc2)c2ccccc2)nn1. The van der Waals surface area contributed by atoms with Crippen LogP contribution in [0.15, 0.2) is 97.2 Å². The Morgan fingerprint density at radius 3 is 1.38 bits per heavy atom. The Bertz CT molecular complexity index is 789. The van der Waals surface area contributed by atoms with Crippen molar-refractivity contribution >= 4 is 0 Å². The van der Waals surface area contributed by atoms with Crippen molar-refractivity contribution in [3.63, 3.8) is 0 Å². The molecule has 0 N–H and O–H groups in total. The first-order valence-corrected chi connectivity index (χ1v) is 7.88. The first-order chi connectivity index (χ1) is 11.9. The number of hydrogen-bond donors (Lipinski definition) is 0. The van der Waals surface area contributed by atoms with Crippen molar-refractivity contribution in [2.75, 3.05) is 0 Å². The lowest BCUT2D eigenvalue weighted by atomic mass is 9.77. The van der Waals surface area contributed by atoms with Gasteiger partial charge in [0.25, 0.3) is 0 Å². The average molecular weight is 310 g/mol. The molecular formula is C21H16N3. The van der Waals surface area contributed by atoms with Crippen LogP contribution in [0, 0.1) is 6.20 Å². The summed E-state index contributed by atoms with van der Waals surface area (Å²) in [5.41, 5.74) is 2.79. The second-order valence-corrected chi connectivity index (χ2v) is 5.60. The van der Waals surface area contributed by atoms with Crippen LogP contribution in [0.2, 0.25) is 0 Å². The fraction of sp³-hybridized carbons (Fsp3) is 0.0476. The van der Waals surface area contributed by atoms with Crippen molar-refractivity contribution in [1.29, 1.82) is 0 Å². The Labute approximate surface area is 141 Å². The first-order valence-electron chi connectivity index (χ1n) is 7.88. The zero-order valence-corrected chi connectivity index (χ0v) is 13.1. The third kappa shape index (κ3) is 2.22. The Kier molecular flexibility index (Phi) is 3.67. The van der Waals surface area contributed by atoms with Gasteiger partial charge in [-0.05, 0) is 16.7 Å². The highest BCUT2D eigenvalue weighted by atomic mass is 15.4. The van der Waals surface area contributed by atoms with Gasteiger partial charge in [-0.15, -0.1) is 5.10 Å². The summed E-state index contributed by atoms with van der Waals surface area (Å²) < 4.78 is 1.88. The van der Waals surface area contributed by atoms with Crippen LogP contribution in [0.3, 0.4) is 0 Å². The fourth-order valence-electron chi connectivity index (χ4n) is 3.28. The van der Waals surface area contributed by atoms with Crippen molar-refractivity contribution in [3.05, 3.63) is 120 Å². The molecule has 0 aliphatic carbocycles. The summed E-state index contributed by atoms with van der Waals surface area (Å²) in [7, 11) is 0. The minimum Gasteiger partial charge on any atom is -0.232 e. The largest absolute Gasteiger partial charge is 0.232 e. The van der Waals surface area contributed by atoms with Gasteiger partial charge in [-0.25, -0.2) is 4.68 Å². The molecule has 4 aromatic rings. The summed E-state index contributed by atoms with van der Waals surface area (Å²) >= 11 is 0. The lowest BCUT2D eigenvalue weighted by Gasteiger charge is -2.35. The van der Waals surface area contributed by atoms with E-state index in [0.29, 0.717) is 0 Å². The van der Waals surface area contributed by atoms with Gasteiger partial charge in [0.2, 0.25) is 0 Å². The minimum atomic E-state index is -0.587. The average Bonchev–Trinajstić information content (AvgIpc) is 3.20. The zero-order valence-electron chi connectivity index (χ0n) is 13.1. The molecule has 0 bridgehead atoms. The van der Waals surface area contributed by atoms with E-state index in [4.69, 9.17) is 0 Å². The number of hydrogen-bond acceptors (Lipinski definition) is 2. The van der Waals surface area contributed by atoms with Gasteiger partial charge in [0, 0.05) is 0 Å². The van der Waals surface area contributed by atoms with E-state index in [2.05, 4.69) is 89.3 Å². The third-order valence-electron chi connectivity index (χ3n) is 4.30. The van der Waals surface area contributed by atoms with E-state index in [0.717, 1.165) is 16.7 Å². The van der Waals surface area contributed by atoms with Crippen LogP contribution in [-0.2, 0) is 5.54 Å². The molecule has 0 aliphatic rings. The Hall–Kier alpha value is -3.20. The second-order valence-electron chi connectivity index (χ2n) is 5.60. The van der Waals surface area contributed by atoms with Crippen molar-refractivity contribution in [3.8, 4) is 0 Å². The maximum Gasteiger partial charge on any atom is 0.139 e. The number of benzene rings is 3. The van der Waals surface area contributed by atoms with Gasteiger partial charge in [-0.3, -0.25) is 0 Å². The standard InChI is InChI=1S/C21H16N3/c1-4-10-18(11-5-1)21(24-17-16-22-23-24,19-12-6-2-7-13-19)20-14-8-3-9-15-20/h1-15,17H. The van der Waals surface area contributed by atoms with E-state index in [1.807, 2.05) is 22.9 Å². The normalized spacial score (nSPS) is 11.3. The molecule has 3 heteroatoms. The monoisotopic (exact) mass is 310 g/mol. The maximum absolute atomic E-state index is 4.33. The maximum atomic E-state index is 4.33. The molecule has 1 heterocycles. The molecule has 3 aromatic carbocycles. The van der Waals surface area contributed by atoms with Gasteiger partial charge < -0.3 is 0 Å². The van der Waals surface area contributed by atoms with Gasteiger partial charge in [-0.1, -0.05) is 96.2 Å². The lowest BCUT2D eigenvalue weighted by Crippen LogP contribution is -2.38. The molecule has 0 saturated carbocycles. The van der Waals surface area contributed by atoms with Crippen molar-refractivity contribution in [1.82, 2.24) is 15.0 Å². The van der Waals surface area contributed by atoms with Gasteiger partial charge in [0.05, 0.1) is 6.20 Å². The smallest absolute Gasteiger partial charge is 0.139 e. The van der Waals surface area contributed by atoms with Crippen LogP contribution in [0.5, 0.6) is 0 Å². The lowest BCUT2D eigenvalue weighted by molar-refractivity contribution is 0.446. The molecule has 0 amide bonds. The molecule has 24 heavy (non-hydrogen) atoms. The Morgan fingerprint density at radius 1 is 0.625 bits per heavy atom. The Balaban J connectivity index is 2.12. The topological polar surface area (TPSA) is 30.7 Å². The molecule has 0 atom stereocenters. The molecule has 0 fully saturated rings. The third-order valence-corrected chi connectivity index (χ3v) is 4.30. The van der Waals surface area contributed by atoms with Crippen molar-refractivity contribution in [2.45, 2.75) is 5.54 Å². The van der Waals surface area contributed by atoms with Crippen LogP contribution in [0.1, 0.15) is 16.7 Å². The van der Waals surface area contributed by atoms with Gasteiger partial charge >= 0.3 is 0 Å². The van der Waals surface area contributed by atoms with Gasteiger partial charge in [0.15, 0.2) is 0 Å². The van der Waals surface area contributed by atoms with E-state index in [-0.39, 0.29) is 0 Å². The molecule has 0 saturated heterocycles. The molecular weight excluding hydrogens is 294 g/mol. The quantitative estimate of drug-likeness (QED) is 0.535. The van der Waals surface area contributed by atoms with Gasteiger partial charge in [-0.2, -0.15) is 0 Å². The highest BCUT2D eigenvalue weighted by molar-refractivity contribution is 5.49. The van der Waals surface area contributed by atoms with Crippen molar-refractivity contribution < 1.29 is 0 Å². The fourth-order valence-corrected chi connectivity index (χ4v) is 3.28. The van der Waals surface area contributed by atoms with E-state index >= 15 is 0 Å². The molecule has 3 nitrogen and oxygen atoms in total. The molecule has 1 radical (unpaired) electrons. The second kappa shape index (κ2) is 6.13. The van der Waals surface area contributed by atoms with Crippen LogP contribution in [-0.4, -0.2) is 15.0 Å². The molecule has 1 aromatic heterocycles. The number of aromatic nitrogens is 3. The molecule has 115 valence electrons. The predicted octanol–water partition coefficient (Wildman–Crippen LogP) is 3.92. The highest BCUT2D eigenvalue weighted by Gasteiger charge is 2.39. The summed E-state index contributed by atoms with van der Waals surface area (Å²) in [5, 5.41) is 8.28. The zero-order chi connectivity index (χ0) is 16.2. The number of nitrogens with zero attached hydrogens (tertiary/aromatic N) is 3. The summed E-state index contributed by atoms with van der Waals surface area (Å²) in [5.74, 6) is 0. The molecule has 4 rings (SSSR count). The summed E-state index contributed by atoms with van der Waals surface area (Å²) in [6, 6.07) is 31.1. The van der Waals surface area contributed by atoms with Crippen LogP contribution in [0.4, 0.5) is 0 Å². The van der Waals surface area contributed by atoms with Crippen LogP contribution < -0.4 is 0 Å². The predicted molar refractivity (Wildman–Crippen MR) is 93.5 cm³/mol. The summed E-state index contributed by atoms with van der Waals surface area (Å²) in [6.07, 6.45) is 4.64. The molecule has 0 unspecified atom stereocenters. The van der Waals surface area contributed by atoms with Crippen LogP contribution in [0.25, 0.3) is 0 Å². The first kappa shape index (κ1) is 14.4. The molecule has 0 spiro atoms. The van der Waals surface area contributed by atoms with E-state index in [1.165, 1.54) is 0 Å². The van der Waals surface area contributed by atoms with E-state index in [1.54, 1.807) is 6.20 Å². The van der Waals surface area contributed by atoms with Crippen molar-refractivity contribution in [2.24, 2.45) is 0 Å². The molecule has 0 aliphatic heterocycles. The summed E-state index contributed by atoms with van der Waals surface area (Å²) in [6.45, 7) is 0. The van der Waals surface area contributed by atoms with E-state index in [9.17, 15) is 0 Å². The summed E-state index contributed by atoms with van der Waals surface area (Å²) in [4.78, 5) is 0. The van der Waals surface area contributed by atoms with Crippen LogP contribution >= 0.6 is 0 Å².